The molecule has 2 aromatic rings. The summed E-state index contributed by atoms with van der Waals surface area (Å²) in [5.41, 5.74) is 1.52. The van der Waals surface area contributed by atoms with Crippen LogP contribution in [0.4, 0.5) is 4.79 Å². The number of hydrogen-bond donors (Lipinski definition) is 0. The van der Waals surface area contributed by atoms with Crippen molar-refractivity contribution >= 4 is 29.0 Å². The van der Waals surface area contributed by atoms with Gasteiger partial charge in [-0.15, -0.1) is 0 Å². The van der Waals surface area contributed by atoms with Gasteiger partial charge in [0.2, 0.25) is 0 Å². The summed E-state index contributed by atoms with van der Waals surface area (Å²) in [5.74, 6) is 1.21. The predicted molar refractivity (Wildman–Crippen MR) is 104 cm³/mol. The summed E-state index contributed by atoms with van der Waals surface area (Å²) in [5, 5.41) is -0.297. The monoisotopic (exact) mass is 385 g/mol. The Labute approximate surface area is 161 Å². The van der Waals surface area contributed by atoms with Crippen molar-refractivity contribution in [2.45, 2.75) is 6.54 Å². The summed E-state index contributed by atoms with van der Waals surface area (Å²) in [6.07, 6.45) is 1.64. The summed E-state index contributed by atoms with van der Waals surface area (Å²) in [7, 11) is 4.59. The van der Waals surface area contributed by atoms with Crippen LogP contribution in [0.25, 0.3) is 6.08 Å². The second-order valence-electron chi connectivity index (χ2n) is 5.70. The number of ether oxygens (including phenoxy) is 3. The first kappa shape index (κ1) is 18.8. The maximum atomic E-state index is 12.7. The fraction of sp³-hybridized carbons (Fsp3) is 0.200. The van der Waals surface area contributed by atoms with Crippen LogP contribution in [0.15, 0.2) is 47.4 Å². The maximum Gasteiger partial charge on any atom is 0.293 e. The molecule has 2 aromatic carbocycles. The molecule has 0 atom stereocenters. The van der Waals surface area contributed by atoms with E-state index in [4.69, 9.17) is 14.2 Å². The third-order valence-corrected chi connectivity index (χ3v) is 4.99. The molecule has 0 aromatic heterocycles. The van der Waals surface area contributed by atoms with Crippen molar-refractivity contribution in [3.63, 3.8) is 0 Å². The smallest absolute Gasteiger partial charge is 0.293 e. The fourth-order valence-corrected chi connectivity index (χ4v) is 3.54. The largest absolute Gasteiger partial charge is 0.496 e. The Morgan fingerprint density at radius 3 is 2.19 bits per heavy atom. The number of rotatable bonds is 6. The first-order chi connectivity index (χ1) is 13.1. The minimum atomic E-state index is -0.328. The number of amides is 2. The molecule has 140 valence electrons. The number of methoxy groups -OCH3 is 3. The molecule has 3 rings (SSSR count). The van der Waals surface area contributed by atoms with Gasteiger partial charge in [-0.2, -0.15) is 0 Å². The SMILES string of the molecule is COc1cc(OC)c(OC)cc1/C=C1\SC(=O)N(Cc2ccccc2)C1=O. The van der Waals surface area contributed by atoms with E-state index in [0.29, 0.717) is 27.7 Å². The van der Waals surface area contributed by atoms with Crippen LogP contribution in [0.5, 0.6) is 17.2 Å². The van der Waals surface area contributed by atoms with E-state index < -0.39 is 0 Å². The van der Waals surface area contributed by atoms with Crippen molar-refractivity contribution < 1.29 is 23.8 Å². The lowest BCUT2D eigenvalue weighted by Crippen LogP contribution is -2.27. The highest BCUT2D eigenvalue weighted by molar-refractivity contribution is 8.18. The number of nitrogens with zero attached hydrogens (tertiary/aromatic N) is 1. The Morgan fingerprint density at radius 1 is 0.926 bits per heavy atom. The Bertz CT molecular complexity index is 895. The lowest BCUT2D eigenvalue weighted by atomic mass is 10.1. The van der Waals surface area contributed by atoms with E-state index >= 15 is 0 Å². The number of carbonyl (C=O) groups is 2. The van der Waals surface area contributed by atoms with Crippen molar-refractivity contribution in [1.82, 2.24) is 4.90 Å². The molecule has 0 bridgehead atoms. The first-order valence-corrected chi connectivity index (χ1v) is 8.98. The van der Waals surface area contributed by atoms with Crippen LogP contribution in [0.2, 0.25) is 0 Å². The average Bonchev–Trinajstić information content (AvgIpc) is 2.95. The Balaban J connectivity index is 1.91. The lowest BCUT2D eigenvalue weighted by Gasteiger charge is -2.13. The zero-order chi connectivity index (χ0) is 19.4. The molecule has 1 aliphatic rings. The lowest BCUT2D eigenvalue weighted by molar-refractivity contribution is -0.123. The van der Waals surface area contributed by atoms with E-state index in [9.17, 15) is 9.59 Å². The van der Waals surface area contributed by atoms with Crippen molar-refractivity contribution in [3.05, 3.63) is 58.5 Å². The van der Waals surface area contributed by atoms with Gasteiger partial charge in [0.25, 0.3) is 11.1 Å². The van der Waals surface area contributed by atoms with Crippen molar-refractivity contribution in [2.75, 3.05) is 21.3 Å². The number of thioether (sulfide) groups is 1. The third-order valence-electron chi connectivity index (χ3n) is 4.08. The molecule has 0 spiro atoms. The Hall–Kier alpha value is -2.93. The van der Waals surface area contributed by atoms with E-state index in [2.05, 4.69) is 0 Å². The first-order valence-electron chi connectivity index (χ1n) is 8.16. The molecule has 27 heavy (non-hydrogen) atoms. The molecule has 2 amide bonds. The molecule has 6 nitrogen and oxygen atoms in total. The van der Waals surface area contributed by atoms with E-state index in [-0.39, 0.29) is 17.7 Å². The van der Waals surface area contributed by atoms with Crippen molar-refractivity contribution in [1.29, 1.82) is 0 Å². The van der Waals surface area contributed by atoms with E-state index in [1.807, 2.05) is 30.3 Å². The van der Waals surface area contributed by atoms with E-state index in [0.717, 1.165) is 17.3 Å². The van der Waals surface area contributed by atoms with Crippen molar-refractivity contribution in [2.24, 2.45) is 0 Å². The molecular weight excluding hydrogens is 366 g/mol. The van der Waals surface area contributed by atoms with Crippen LogP contribution < -0.4 is 14.2 Å². The standard InChI is InChI=1S/C20H19NO5S/c1-24-15-11-17(26-3)16(25-2)9-14(15)10-18-19(22)21(20(23)27-18)12-13-7-5-4-6-8-13/h4-11H,12H2,1-3H3/b18-10-. The molecule has 0 unspecified atom stereocenters. The summed E-state index contributed by atoms with van der Waals surface area (Å²) < 4.78 is 16.0. The highest BCUT2D eigenvalue weighted by Gasteiger charge is 2.35. The van der Waals surface area contributed by atoms with Gasteiger partial charge in [-0.1, -0.05) is 30.3 Å². The van der Waals surface area contributed by atoms with E-state index in [1.165, 1.54) is 26.2 Å². The molecule has 0 radical (unpaired) electrons. The maximum absolute atomic E-state index is 12.7. The average molecular weight is 385 g/mol. The normalized spacial score (nSPS) is 15.4. The molecule has 0 N–H and O–H groups in total. The van der Waals surface area contributed by atoms with Crippen LogP contribution in [-0.2, 0) is 11.3 Å². The summed E-state index contributed by atoms with van der Waals surface area (Å²) >= 11 is 0.909. The predicted octanol–water partition coefficient (Wildman–Crippen LogP) is 3.95. The Morgan fingerprint density at radius 2 is 1.56 bits per heavy atom. The summed E-state index contributed by atoms with van der Waals surface area (Å²) in [6.45, 7) is 0.242. The van der Waals surface area contributed by atoms with Gasteiger partial charge in [0.1, 0.15) is 5.75 Å². The second-order valence-corrected chi connectivity index (χ2v) is 6.70. The number of hydrogen-bond acceptors (Lipinski definition) is 6. The van der Waals surface area contributed by atoms with Gasteiger partial charge in [0.15, 0.2) is 11.5 Å². The molecule has 0 aliphatic carbocycles. The summed E-state index contributed by atoms with van der Waals surface area (Å²) in [4.78, 5) is 26.6. The highest BCUT2D eigenvalue weighted by atomic mass is 32.2. The highest BCUT2D eigenvalue weighted by Crippen LogP contribution is 2.39. The van der Waals surface area contributed by atoms with Gasteiger partial charge in [-0.25, -0.2) is 0 Å². The Kier molecular flexibility index (Phi) is 5.71. The molecule has 0 saturated carbocycles. The van der Waals surface area contributed by atoms with E-state index in [1.54, 1.807) is 18.2 Å². The van der Waals surface area contributed by atoms with Gasteiger partial charge >= 0.3 is 0 Å². The van der Waals surface area contributed by atoms with Crippen LogP contribution in [-0.4, -0.2) is 37.4 Å². The van der Waals surface area contributed by atoms with Gasteiger partial charge in [-0.3, -0.25) is 14.5 Å². The summed E-state index contributed by atoms with van der Waals surface area (Å²) in [6, 6.07) is 12.8. The third kappa shape index (κ3) is 3.93. The fourth-order valence-electron chi connectivity index (χ4n) is 2.71. The minimum Gasteiger partial charge on any atom is -0.496 e. The number of imide groups is 1. The number of benzene rings is 2. The van der Waals surface area contributed by atoms with Gasteiger partial charge in [0, 0.05) is 11.6 Å². The van der Waals surface area contributed by atoms with Crippen LogP contribution >= 0.6 is 11.8 Å². The van der Waals surface area contributed by atoms with Crippen LogP contribution in [0, 0.1) is 0 Å². The van der Waals surface area contributed by atoms with Crippen LogP contribution in [0.3, 0.4) is 0 Å². The molecule has 1 saturated heterocycles. The van der Waals surface area contributed by atoms with Crippen molar-refractivity contribution in [3.8, 4) is 17.2 Å². The van der Waals surface area contributed by atoms with Gasteiger partial charge in [0.05, 0.1) is 32.8 Å². The zero-order valence-corrected chi connectivity index (χ0v) is 16.0. The molecule has 1 aliphatic heterocycles. The topological polar surface area (TPSA) is 65.1 Å². The second kappa shape index (κ2) is 8.18. The van der Waals surface area contributed by atoms with Gasteiger partial charge < -0.3 is 14.2 Å². The quantitative estimate of drug-likeness (QED) is 0.702. The number of carbonyl (C=O) groups excluding carboxylic acids is 2. The minimum absolute atomic E-state index is 0.242. The molecule has 7 heteroatoms. The molecule has 1 heterocycles. The zero-order valence-electron chi connectivity index (χ0n) is 15.2. The van der Waals surface area contributed by atoms with Gasteiger partial charge in [-0.05, 0) is 29.5 Å². The molecule has 1 fully saturated rings. The molecular formula is C20H19NO5S. The van der Waals surface area contributed by atoms with Crippen LogP contribution in [0.1, 0.15) is 11.1 Å².